The van der Waals surface area contributed by atoms with Gasteiger partial charge in [0.15, 0.2) is 0 Å². The molecule has 13 heteroatoms. The van der Waals surface area contributed by atoms with Crippen molar-refractivity contribution in [3.05, 3.63) is 132 Å². The Morgan fingerprint density at radius 1 is 0.609 bits per heavy atom. The number of para-hydroxylation sites is 2. The van der Waals surface area contributed by atoms with E-state index in [2.05, 4.69) is 53.8 Å². The van der Waals surface area contributed by atoms with Crippen molar-refractivity contribution in [1.29, 1.82) is 0 Å². The summed E-state index contributed by atoms with van der Waals surface area (Å²) in [6, 6.07) is 33.7. The monoisotopic (exact) mass is 895 g/mol. The Morgan fingerprint density at radius 3 is 1.53 bits per heavy atom. The standard InChI is InChI=1S/C51H53N5O6S2/c1-32(2)40(29-45(57)61-38-13-7-5-8-14-38)49(58)55-27-11-17-41(55)47-52-30-43(63-47)36-23-19-34(20-24-36)35-21-25-37(26-22-35)44-31-53-48(64-44)42-18-12-28-56(42)50(59)46(33(3)4)54-51(60)62-39-15-9-6-10-16-39/h5-10,13-16,19-26,30-33,40-42,46H,11-12,17-18,27-29H2,1-4H3,(H,54,60)/t40-,41-,42-,46-/m0/s1. The maximum absolute atomic E-state index is 14.0. The quantitative estimate of drug-likeness (QED) is 0.0845. The maximum Gasteiger partial charge on any atom is 0.413 e. The first-order valence-corrected chi connectivity index (χ1v) is 23.7. The molecule has 2 aliphatic rings. The number of nitrogens with zero attached hydrogens (tertiary/aromatic N) is 4. The fourth-order valence-corrected chi connectivity index (χ4v) is 10.6. The van der Waals surface area contributed by atoms with E-state index in [1.165, 1.54) is 0 Å². The molecule has 0 aliphatic carbocycles. The third-order valence-corrected chi connectivity index (χ3v) is 14.3. The van der Waals surface area contributed by atoms with Crippen molar-refractivity contribution in [3.8, 4) is 43.5 Å². The van der Waals surface area contributed by atoms with E-state index in [-0.39, 0.29) is 42.2 Å². The van der Waals surface area contributed by atoms with Crippen molar-refractivity contribution in [2.45, 2.75) is 77.9 Å². The molecule has 0 radical (unpaired) electrons. The highest BCUT2D eigenvalue weighted by Gasteiger charge is 2.39. The van der Waals surface area contributed by atoms with Crippen LogP contribution >= 0.6 is 22.7 Å². The summed E-state index contributed by atoms with van der Waals surface area (Å²) in [6.45, 7) is 9.04. The number of likely N-dealkylation sites (tertiary alicyclic amines) is 2. The van der Waals surface area contributed by atoms with Crippen LogP contribution in [-0.4, -0.2) is 62.8 Å². The number of nitrogens with one attached hydrogen (secondary N) is 1. The van der Waals surface area contributed by atoms with Crippen molar-refractivity contribution in [1.82, 2.24) is 25.1 Å². The number of thiazole rings is 2. The third kappa shape index (κ3) is 10.3. The Balaban J connectivity index is 0.884. The summed E-state index contributed by atoms with van der Waals surface area (Å²) in [5.41, 5.74) is 4.28. The molecule has 4 heterocycles. The molecule has 64 heavy (non-hydrogen) atoms. The second-order valence-electron chi connectivity index (χ2n) is 17.1. The van der Waals surface area contributed by atoms with Gasteiger partial charge < -0.3 is 24.6 Å². The lowest BCUT2D eigenvalue weighted by atomic mass is 9.91. The van der Waals surface area contributed by atoms with Gasteiger partial charge in [-0.25, -0.2) is 14.8 Å². The first-order valence-electron chi connectivity index (χ1n) is 22.0. The number of aromatic nitrogens is 2. The van der Waals surface area contributed by atoms with Gasteiger partial charge in [-0.1, -0.05) is 113 Å². The van der Waals surface area contributed by atoms with Crippen molar-refractivity contribution in [2.75, 3.05) is 13.1 Å². The highest BCUT2D eigenvalue weighted by Crippen LogP contribution is 2.41. The summed E-state index contributed by atoms with van der Waals surface area (Å²) in [7, 11) is 0. The molecule has 2 fully saturated rings. The third-order valence-electron chi connectivity index (χ3n) is 12.0. The summed E-state index contributed by atoms with van der Waals surface area (Å²) in [5, 5.41) is 4.60. The average molecular weight is 896 g/mol. The lowest BCUT2D eigenvalue weighted by molar-refractivity contribution is -0.145. The predicted octanol–water partition coefficient (Wildman–Crippen LogP) is 11.0. The topological polar surface area (TPSA) is 131 Å². The molecule has 2 aromatic heterocycles. The highest BCUT2D eigenvalue weighted by atomic mass is 32.1. The number of rotatable bonds is 14. The van der Waals surface area contributed by atoms with Gasteiger partial charge in [-0.3, -0.25) is 14.4 Å². The molecule has 8 rings (SSSR count). The van der Waals surface area contributed by atoms with Gasteiger partial charge in [-0.05, 0) is 84.0 Å². The minimum absolute atomic E-state index is 0.0212. The number of hydrogen-bond acceptors (Lipinski definition) is 10. The van der Waals surface area contributed by atoms with E-state index >= 15 is 0 Å². The van der Waals surface area contributed by atoms with Crippen molar-refractivity contribution >= 4 is 46.6 Å². The molecule has 11 nitrogen and oxygen atoms in total. The fourth-order valence-electron chi connectivity index (χ4n) is 8.49. The fraction of sp³-hybridized carbons (Fsp3) is 0.333. The summed E-state index contributed by atoms with van der Waals surface area (Å²) >= 11 is 3.21. The molecule has 2 aliphatic heterocycles. The SMILES string of the molecule is CC(C)[C@H](CC(=O)Oc1ccccc1)C(=O)N1CCC[C@H]1c1ncc(-c2ccc(-c3ccc(-c4cnc([C@@H]5CCCN5C(=O)[C@@H](NC(=O)Oc5ccccc5)C(C)C)s4)cc3)cc2)s1. The Kier molecular flexibility index (Phi) is 14.0. The van der Waals surface area contributed by atoms with E-state index in [0.29, 0.717) is 24.6 Å². The largest absolute Gasteiger partial charge is 0.427 e. The van der Waals surface area contributed by atoms with Crippen molar-refractivity contribution in [2.24, 2.45) is 17.8 Å². The molecular weight excluding hydrogens is 843 g/mol. The van der Waals surface area contributed by atoms with Gasteiger partial charge in [0, 0.05) is 25.5 Å². The van der Waals surface area contributed by atoms with E-state index in [4.69, 9.17) is 19.4 Å². The smallest absolute Gasteiger partial charge is 0.413 e. The zero-order valence-corrected chi connectivity index (χ0v) is 38.1. The molecule has 6 aromatic rings. The van der Waals surface area contributed by atoms with Crippen LogP contribution in [0.5, 0.6) is 11.5 Å². The number of carbonyl (C=O) groups excluding carboxylic acids is 4. The van der Waals surface area contributed by atoms with Crippen LogP contribution in [0.2, 0.25) is 0 Å². The van der Waals surface area contributed by atoms with Gasteiger partial charge in [-0.2, -0.15) is 0 Å². The molecule has 0 unspecified atom stereocenters. The molecule has 330 valence electrons. The second-order valence-corrected chi connectivity index (χ2v) is 19.2. The first kappa shape index (κ1) is 44.4. The summed E-state index contributed by atoms with van der Waals surface area (Å²) < 4.78 is 11.0. The van der Waals surface area contributed by atoms with Crippen LogP contribution in [0.1, 0.15) is 81.9 Å². The summed E-state index contributed by atoms with van der Waals surface area (Å²) in [5.74, 6) is -0.309. The van der Waals surface area contributed by atoms with Crippen LogP contribution in [0.15, 0.2) is 122 Å². The van der Waals surface area contributed by atoms with E-state index in [1.807, 2.05) is 74.2 Å². The van der Waals surface area contributed by atoms with Crippen LogP contribution < -0.4 is 14.8 Å². The minimum atomic E-state index is -0.729. The van der Waals surface area contributed by atoms with Crippen molar-refractivity contribution < 1.29 is 28.7 Å². The molecule has 1 N–H and O–H groups in total. The van der Waals surface area contributed by atoms with E-state index in [1.54, 1.807) is 59.1 Å². The van der Waals surface area contributed by atoms with Gasteiger partial charge in [0.2, 0.25) is 11.8 Å². The number of carbonyl (C=O) groups is 4. The Bertz CT molecular complexity index is 2360. The maximum atomic E-state index is 14.0. The Labute approximate surface area is 382 Å². The van der Waals surface area contributed by atoms with Crippen LogP contribution in [0.4, 0.5) is 4.79 Å². The van der Waals surface area contributed by atoms with E-state index in [0.717, 1.165) is 67.7 Å². The number of benzene rings is 4. The summed E-state index contributed by atoms with van der Waals surface area (Å²) in [6.07, 6.45) is 6.54. The molecule has 0 spiro atoms. The van der Waals surface area contributed by atoms with E-state index in [9.17, 15) is 19.2 Å². The molecule has 4 aromatic carbocycles. The van der Waals surface area contributed by atoms with Gasteiger partial charge >= 0.3 is 12.1 Å². The van der Waals surface area contributed by atoms with Gasteiger partial charge in [0.25, 0.3) is 0 Å². The van der Waals surface area contributed by atoms with Gasteiger partial charge in [-0.15, -0.1) is 22.7 Å². The second kappa shape index (κ2) is 20.1. The molecule has 0 saturated carbocycles. The lowest BCUT2D eigenvalue weighted by Crippen LogP contribution is -2.51. The number of hydrogen-bond donors (Lipinski definition) is 1. The molecule has 4 atom stereocenters. The van der Waals surface area contributed by atoms with Gasteiger partial charge in [0.05, 0.1) is 34.2 Å². The number of amides is 3. The Morgan fingerprint density at radius 2 is 1.06 bits per heavy atom. The minimum Gasteiger partial charge on any atom is -0.427 e. The van der Waals surface area contributed by atoms with Crippen molar-refractivity contribution in [3.63, 3.8) is 0 Å². The lowest BCUT2D eigenvalue weighted by Gasteiger charge is -2.30. The molecule has 0 bridgehead atoms. The normalized spacial score (nSPS) is 17.1. The van der Waals surface area contributed by atoms with Gasteiger partial charge in [0.1, 0.15) is 27.6 Å². The zero-order valence-electron chi connectivity index (χ0n) is 36.5. The van der Waals surface area contributed by atoms with E-state index < -0.39 is 24.0 Å². The van der Waals surface area contributed by atoms with Crippen LogP contribution in [0, 0.1) is 17.8 Å². The predicted molar refractivity (Wildman–Crippen MR) is 251 cm³/mol. The summed E-state index contributed by atoms with van der Waals surface area (Å²) in [4.78, 5) is 69.0. The van der Waals surface area contributed by atoms with Crippen LogP contribution in [-0.2, 0) is 14.4 Å². The Hall–Kier alpha value is -6.18. The number of ether oxygens (including phenoxy) is 2. The molecular formula is C51H53N5O6S2. The van der Waals surface area contributed by atoms with Crippen LogP contribution in [0.3, 0.4) is 0 Å². The number of esters is 1. The molecule has 3 amide bonds. The zero-order chi connectivity index (χ0) is 44.7. The average Bonchev–Trinajstić information content (AvgIpc) is 4.15. The molecule has 2 saturated heterocycles. The van der Waals surface area contributed by atoms with Crippen LogP contribution in [0.25, 0.3) is 32.0 Å². The first-order chi connectivity index (χ1) is 31.0. The highest BCUT2D eigenvalue weighted by molar-refractivity contribution is 7.15.